The molecule has 1 aromatic carbocycles. The molecule has 0 spiro atoms. The Labute approximate surface area is 102 Å². The van der Waals surface area contributed by atoms with Gasteiger partial charge < -0.3 is 15.7 Å². The van der Waals surface area contributed by atoms with Gasteiger partial charge in [0.2, 0.25) is 0 Å². The lowest BCUT2D eigenvalue weighted by molar-refractivity contribution is 0.153. The number of carbonyl (C=O) groups is 1. The summed E-state index contributed by atoms with van der Waals surface area (Å²) in [5.74, 6) is 0. The van der Waals surface area contributed by atoms with E-state index in [1.54, 1.807) is 0 Å². The van der Waals surface area contributed by atoms with Crippen LogP contribution in [-0.2, 0) is 5.54 Å². The molecule has 1 aromatic rings. The van der Waals surface area contributed by atoms with Crippen LogP contribution in [0.1, 0.15) is 12.0 Å². The highest BCUT2D eigenvalue weighted by molar-refractivity contribution is 9.10. The summed E-state index contributed by atoms with van der Waals surface area (Å²) in [4.78, 5) is 12.2. The van der Waals surface area contributed by atoms with Crippen molar-refractivity contribution in [2.75, 3.05) is 13.1 Å². The van der Waals surface area contributed by atoms with Gasteiger partial charge in [0.25, 0.3) is 0 Å². The summed E-state index contributed by atoms with van der Waals surface area (Å²) < 4.78 is 0.993. The molecule has 0 radical (unpaired) electrons. The average molecular weight is 285 g/mol. The highest BCUT2D eigenvalue weighted by atomic mass is 79.9. The number of nitrogens with zero attached hydrogens (tertiary/aromatic N) is 1. The fraction of sp³-hybridized carbons (Fsp3) is 0.364. The van der Waals surface area contributed by atoms with Crippen molar-refractivity contribution in [2.24, 2.45) is 5.73 Å². The molecule has 1 unspecified atom stereocenters. The molecule has 3 N–H and O–H groups in total. The minimum Gasteiger partial charge on any atom is -0.465 e. The lowest BCUT2D eigenvalue weighted by Crippen LogP contribution is -2.40. The predicted molar refractivity (Wildman–Crippen MR) is 64.2 cm³/mol. The summed E-state index contributed by atoms with van der Waals surface area (Å²) in [5.41, 5.74) is 6.68. The van der Waals surface area contributed by atoms with Crippen LogP contribution in [0, 0.1) is 0 Å². The molecule has 1 aliphatic heterocycles. The molecule has 0 bridgehead atoms. The largest absolute Gasteiger partial charge is 0.465 e. The van der Waals surface area contributed by atoms with Crippen LogP contribution in [-0.4, -0.2) is 29.2 Å². The topological polar surface area (TPSA) is 66.6 Å². The summed E-state index contributed by atoms with van der Waals surface area (Å²) in [6.45, 7) is 0.867. The van der Waals surface area contributed by atoms with Gasteiger partial charge in [0, 0.05) is 17.6 Å². The third-order valence-electron chi connectivity index (χ3n) is 2.99. The van der Waals surface area contributed by atoms with Gasteiger partial charge in [-0.15, -0.1) is 0 Å². The predicted octanol–water partition coefficient (Wildman–Crippen LogP) is 1.99. The van der Waals surface area contributed by atoms with Gasteiger partial charge >= 0.3 is 6.09 Å². The Bertz CT molecular complexity index is 407. The molecule has 4 nitrogen and oxygen atoms in total. The molecular formula is C11H13BrN2O2. The van der Waals surface area contributed by atoms with Crippen LogP contribution in [0.2, 0.25) is 0 Å². The molecule has 0 saturated carbocycles. The summed E-state index contributed by atoms with van der Waals surface area (Å²) >= 11 is 3.36. The van der Waals surface area contributed by atoms with Crippen molar-refractivity contribution in [3.05, 3.63) is 34.3 Å². The SMILES string of the molecule is NC1(c2ccc(Br)cc2)CCN(C(=O)O)C1. The van der Waals surface area contributed by atoms with Gasteiger partial charge in [0.1, 0.15) is 0 Å². The smallest absolute Gasteiger partial charge is 0.407 e. The zero-order valence-corrected chi connectivity index (χ0v) is 10.3. The second-order valence-electron chi connectivity index (χ2n) is 4.12. The van der Waals surface area contributed by atoms with Gasteiger partial charge in [-0.1, -0.05) is 28.1 Å². The van der Waals surface area contributed by atoms with E-state index < -0.39 is 11.6 Å². The van der Waals surface area contributed by atoms with Crippen molar-refractivity contribution in [3.8, 4) is 0 Å². The molecule has 86 valence electrons. The van der Waals surface area contributed by atoms with E-state index in [1.165, 1.54) is 4.90 Å². The molecule has 1 saturated heterocycles. The molecular weight excluding hydrogens is 272 g/mol. The van der Waals surface area contributed by atoms with E-state index in [4.69, 9.17) is 10.8 Å². The van der Waals surface area contributed by atoms with Gasteiger partial charge in [-0.05, 0) is 24.1 Å². The molecule has 16 heavy (non-hydrogen) atoms. The Balaban J connectivity index is 2.21. The molecule has 0 aromatic heterocycles. The van der Waals surface area contributed by atoms with E-state index in [0.29, 0.717) is 19.5 Å². The van der Waals surface area contributed by atoms with Gasteiger partial charge in [-0.25, -0.2) is 4.79 Å². The Morgan fingerprint density at radius 2 is 2.06 bits per heavy atom. The average Bonchev–Trinajstić information content (AvgIpc) is 2.63. The summed E-state index contributed by atoms with van der Waals surface area (Å²) in [6.07, 6.45) is -0.231. The van der Waals surface area contributed by atoms with E-state index >= 15 is 0 Å². The number of hydrogen-bond donors (Lipinski definition) is 2. The fourth-order valence-electron chi connectivity index (χ4n) is 2.01. The number of benzene rings is 1. The second kappa shape index (κ2) is 4.07. The number of carboxylic acid groups (broad SMARTS) is 1. The third kappa shape index (κ3) is 2.05. The van der Waals surface area contributed by atoms with Crippen molar-refractivity contribution in [1.29, 1.82) is 0 Å². The molecule has 1 aliphatic rings. The lowest BCUT2D eigenvalue weighted by atomic mass is 9.90. The zero-order chi connectivity index (χ0) is 11.8. The second-order valence-corrected chi connectivity index (χ2v) is 5.03. The van der Waals surface area contributed by atoms with Crippen molar-refractivity contribution >= 4 is 22.0 Å². The molecule has 1 fully saturated rings. The number of halogens is 1. The van der Waals surface area contributed by atoms with Crippen molar-refractivity contribution in [2.45, 2.75) is 12.0 Å². The Hall–Kier alpha value is -1.07. The first-order valence-corrected chi connectivity index (χ1v) is 5.83. The van der Waals surface area contributed by atoms with E-state index in [0.717, 1.165) is 10.0 Å². The first kappa shape index (κ1) is 11.4. The minimum absolute atomic E-state index is 0.365. The zero-order valence-electron chi connectivity index (χ0n) is 8.69. The van der Waals surface area contributed by atoms with E-state index in [-0.39, 0.29) is 0 Å². The van der Waals surface area contributed by atoms with Gasteiger partial charge in [0.05, 0.1) is 5.54 Å². The van der Waals surface area contributed by atoms with Crippen LogP contribution in [0.15, 0.2) is 28.7 Å². The molecule has 1 atom stereocenters. The quantitative estimate of drug-likeness (QED) is 0.829. The molecule has 1 heterocycles. The number of likely N-dealkylation sites (tertiary alicyclic amines) is 1. The van der Waals surface area contributed by atoms with Crippen molar-refractivity contribution in [3.63, 3.8) is 0 Å². The standard InChI is InChI=1S/C11H13BrN2O2/c12-9-3-1-8(2-4-9)11(13)5-6-14(7-11)10(15)16/h1-4H,5-7,13H2,(H,15,16). The molecule has 1 amide bonds. The monoisotopic (exact) mass is 284 g/mol. The maximum atomic E-state index is 10.8. The van der Waals surface area contributed by atoms with Crippen LogP contribution in [0.5, 0.6) is 0 Å². The highest BCUT2D eigenvalue weighted by Gasteiger charge is 2.37. The van der Waals surface area contributed by atoms with Crippen molar-refractivity contribution in [1.82, 2.24) is 4.90 Å². The molecule has 2 rings (SSSR count). The number of amides is 1. The lowest BCUT2D eigenvalue weighted by Gasteiger charge is -2.24. The van der Waals surface area contributed by atoms with Gasteiger partial charge in [0.15, 0.2) is 0 Å². The van der Waals surface area contributed by atoms with Crippen molar-refractivity contribution < 1.29 is 9.90 Å². The van der Waals surface area contributed by atoms with E-state index in [9.17, 15) is 4.79 Å². The van der Waals surface area contributed by atoms with Crippen LogP contribution in [0.4, 0.5) is 4.79 Å². The third-order valence-corrected chi connectivity index (χ3v) is 3.52. The van der Waals surface area contributed by atoms with Crippen LogP contribution >= 0.6 is 15.9 Å². The minimum atomic E-state index is -0.899. The number of hydrogen-bond acceptors (Lipinski definition) is 2. The first-order valence-electron chi connectivity index (χ1n) is 5.04. The maximum Gasteiger partial charge on any atom is 0.407 e. The van der Waals surface area contributed by atoms with Gasteiger partial charge in [-0.2, -0.15) is 0 Å². The molecule has 0 aliphatic carbocycles. The van der Waals surface area contributed by atoms with E-state index in [2.05, 4.69) is 15.9 Å². The maximum absolute atomic E-state index is 10.8. The molecule has 5 heteroatoms. The highest BCUT2D eigenvalue weighted by Crippen LogP contribution is 2.30. The number of nitrogens with two attached hydrogens (primary N) is 1. The summed E-state index contributed by atoms with van der Waals surface area (Å²) in [5, 5.41) is 8.90. The van der Waals surface area contributed by atoms with E-state index in [1.807, 2.05) is 24.3 Å². The number of rotatable bonds is 1. The normalized spacial score (nSPS) is 24.8. The first-order chi connectivity index (χ1) is 7.51. The van der Waals surface area contributed by atoms with Crippen LogP contribution in [0.25, 0.3) is 0 Å². The van der Waals surface area contributed by atoms with Crippen LogP contribution in [0.3, 0.4) is 0 Å². The Morgan fingerprint density at radius 1 is 1.44 bits per heavy atom. The van der Waals surface area contributed by atoms with Gasteiger partial charge in [-0.3, -0.25) is 0 Å². The van der Waals surface area contributed by atoms with Crippen LogP contribution < -0.4 is 5.73 Å². The summed E-state index contributed by atoms with van der Waals surface area (Å²) in [7, 11) is 0. The summed E-state index contributed by atoms with van der Waals surface area (Å²) in [6, 6.07) is 7.73. The Morgan fingerprint density at radius 3 is 2.56 bits per heavy atom. The fourth-order valence-corrected chi connectivity index (χ4v) is 2.28. The Kier molecular flexibility index (Phi) is 2.90.